The molecule has 1 heterocycles. The number of oxazole rings is 1. The number of nitrogens with two attached hydrogens (primary N) is 1. The van der Waals surface area contributed by atoms with Gasteiger partial charge in [0.2, 0.25) is 5.89 Å². The molecule has 3 N–H and O–H groups in total. The molecule has 1 aromatic heterocycles. The van der Waals surface area contributed by atoms with Gasteiger partial charge in [-0.05, 0) is 37.6 Å². The monoisotopic (exact) mass is 217 g/mol. The van der Waals surface area contributed by atoms with E-state index in [2.05, 4.69) is 10.3 Å². The zero-order valence-corrected chi connectivity index (χ0v) is 9.45. The Hall–Kier alpha value is -1.97. The number of nitrogen functional groups attached to an aromatic ring is 1. The highest BCUT2D eigenvalue weighted by Crippen LogP contribution is 2.18. The van der Waals surface area contributed by atoms with Crippen LogP contribution in [0.4, 0.5) is 11.4 Å². The maximum absolute atomic E-state index is 5.68. The van der Waals surface area contributed by atoms with E-state index in [9.17, 15) is 0 Å². The second-order valence-electron chi connectivity index (χ2n) is 3.79. The number of nitrogens with one attached hydrogen (secondary N) is 1. The lowest BCUT2D eigenvalue weighted by Gasteiger charge is -2.08. The standard InChI is InChI=1S/C12H15N3O/c1-8-5-10(13)3-4-11(8)14-7-12-15-6-9(2)16-12/h3-6,14H,7,13H2,1-2H3. The van der Waals surface area contributed by atoms with Gasteiger partial charge in [-0.15, -0.1) is 0 Å². The minimum absolute atomic E-state index is 0.582. The SMILES string of the molecule is Cc1cnc(CNc2ccc(N)cc2C)o1. The van der Waals surface area contributed by atoms with Gasteiger partial charge in [0.05, 0.1) is 12.7 Å². The van der Waals surface area contributed by atoms with E-state index >= 15 is 0 Å². The molecule has 4 heteroatoms. The molecule has 0 spiro atoms. The molecule has 0 bridgehead atoms. The molecule has 4 nitrogen and oxygen atoms in total. The van der Waals surface area contributed by atoms with Gasteiger partial charge in [0.25, 0.3) is 0 Å². The summed E-state index contributed by atoms with van der Waals surface area (Å²) in [5, 5.41) is 3.26. The molecule has 0 unspecified atom stereocenters. The van der Waals surface area contributed by atoms with Crippen LogP contribution in [0.1, 0.15) is 17.2 Å². The molecule has 0 aliphatic rings. The number of benzene rings is 1. The van der Waals surface area contributed by atoms with Crippen LogP contribution in [0.15, 0.2) is 28.8 Å². The number of aromatic nitrogens is 1. The Kier molecular flexibility index (Phi) is 2.81. The Morgan fingerprint density at radius 2 is 2.19 bits per heavy atom. The molecule has 0 fully saturated rings. The van der Waals surface area contributed by atoms with Crippen molar-refractivity contribution in [3.63, 3.8) is 0 Å². The van der Waals surface area contributed by atoms with Crippen LogP contribution < -0.4 is 11.1 Å². The normalized spacial score (nSPS) is 10.4. The molecule has 0 amide bonds. The number of anilines is 2. The van der Waals surface area contributed by atoms with Crippen LogP contribution in [0.3, 0.4) is 0 Å². The molecule has 0 saturated carbocycles. The van der Waals surface area contributed by atoms with Crippen molar-refractivity contribution in [2.45, 2.75) is 20.4 Å². The molecule has 2 aromatic rings. The summed E-state index contributed by atoms with van der Waals surface area (Å²) in [5.74, 6) is 1.51. The van der Waals surface area contributed by atoms with Crippen LogP contribution in [0.5, 0.6) is 0 Å². The van der Waals surface area contributed by atoms with Crippen molar-refractivity contribution in [1.29, 1.82) is 0 Å². The molecule has 1 aromatic carbocycles. The van der Waals surface area contributed by atoms with Gasteiger partial charge in [-0.25, -0.2) is 4.98 Å². The van der Waals surface area contributed by atoms with Crippen molar-refractivity contribution >= 4 is 11.4 Å². The summed E-state index contributed by atoms with van der Waals surface area (Å²) in [4.78, 5) is 4.12. The minimum atomic E-state index is 0.582. The van der Waals surface area contributed by atoms with Gasteiger partial charge in [-0.3, -0.25) is 0 Å². The summed E-state index contributed by atoms with van der Waals surface area (Å²) in [6.45, 7) is 4.48. The third kappa shape index (κ3) is 2.34. The van der Waals surface area contributed by atoms with Crippen LogP contribution in [-0.2, 0) is 6.54 Å². The van der Waals surface area contributed by atoms with Crippen molar-refractivity contribution in [2.75, 3.05) is 11.1 Å². The molecule has 2 rings (SSSR count). The first kappa shape index (κ1) is 10.5. The highest BCUT2D eigenvalue weighted by molar-refractivity contribution is 5.57. The zero-order valence-electron chi connectivity index (χ0n) is 9.45. The summed E-state index contributed by atoms with van der Waals surface area (Å²) < 4.78 is 5.37. The first-order valence-electron chi connectivity index (χ1n) is 5.16. The van der Waals surface area contributed by atoms with Gasteiger partial charge in [0.1, 0.15) is 5.76 Å². The van der Waals surface area contributed by atoms with Crippen molar-refractivity contribution in [3.8, 4) is 0 Å². The molecule has 16 heavy (non-hydrogen) atoms. The highest BCUT2D eigenvalue weighted by atomic mass is 16.4. The summed E-state index contributed by atoms with van der Waals surface area (Å²) in [6.07, 6.45) is 1.72. The van der Waals surface area contributed by atoms with Gasteiger partial charge in [0, 0.05) is 11.4 Å². The first-order chi connectivity index (χ1) is 7.65. The average molecular weight is 217 g/mol. The second-order valence-corrected chi connectivity index (χ2v) is 3.79. The lowest BCUT2D eigenvalue weighted by atomic mass is 10.2. The van der Waals surface area contributed by atoms with E-state index in [0.29, 0.717) is 12.4 Å². The number of aryl methyl sites for hydroxylation is 2. The summed E-state index contributed by atoms with van der Waals surface area (Å²) >= 11 is 0. The van der Waals surface area contributed by atoms with E-state index in [0.717, 1.165) is 22.7 Å². The van der Waals surface area contributed by atoms with E-state index in [1.807, 2.05) is 32.0 Å². The van der Waals surface area contributed by atoms with E-state index in [1.165, 1.54) is 0 Å². The average Bonchev–Trinajstić information content (AvgIpc) is 2.63. The van der Waals surface area contributed by atoms with Crippen molar-refractivity contribution < 1.29 is 4.42 Å². The van der Waals surface area contributed by atoms with Crippen molar-refractivity contribution in [1.82, 2.24) is 4.98 Å². The fourth-order valence-corrected chi connectivity index (χ4v) is 1.54. The first-order valence-corrected chi connectivity index (χ1v) is 5.16. The van der Waals surface area contributed by atoms with Crippen LogP contribution in [0.2, 0.25) is 0 Å². The van der Waals surface area contributed by atoms with E-state index in [4.69, 9.17) is 10.2 Å². The smallest absolute Gasteiger partial charge is 0.213 e. The third-order valence-corrected chi connectivity index (χ3v) is 2.35. The van der Waals surface area contributed by atoms with Gasteiger partial charge >= 0.3 is 0 Å². The fourth-order valence-electron chi connectivity index (χ4n) is 1.54. The van der Waals surface area contributed by atoms with Gasteiger partial charge < -0.3 is 15.5 Å². The number of hydrogen-bond donors (Lipinski definition) is 2. The quantitative estimate of drug-likeness (QED) is 0.775. The van der Waals surface area contributed by atoms with E-state index in [1.54, 1.807) is 6.20 Å². The van der Waals surface area contributed by atoms with Crippen LogP contribution in [-0.4, -0.2) is 4.98 Å². The zero-order chi connectivity index (χ0) is 11.5. The molecule has 0 aliphatic heterocycles. The highest BCUT2D eigenvalue weighted by Gasteiger charge is 2.02. The Morgan fingerprint density at radius 3 is 2.81 bits per heavy atom. The van der Waals surface area contributed by atoms with E-state index in [-0.39, 0.29) is 0 Å². The maximum Gasteiger partial charge on any atom is 0.213 e. The number of rotatable bonds is 3. The maximum atomic E-state index is 5.68. The Morgan fingerprint density at radius 1 is 1.38 bits per heavy atom. The molecule has 0 atom stereocenters. The predicted molar refractivity (Wildman–Crippen MR) is 64.2 cm³/mol. The van der Waals surface area contributed by atoms with Gasteiger partial charge in [-0.1, -0.05) is 0 Å². The van der Waals surface area contributed by atoms with Gasteiger partial charge in [-0.2, -0.15) is 0 Å². The molecule has 0 aliphatic carbocycles. The summed E-state index contributed by atoms with van der Waals surface area (Å²) in [5.41, 5.74) is 8.61. The fraction of sp³-hybridized carbons (Fsp3) is 0.250. The van der Waals surface area contributed by atoms with Crippen molar-refractivity contribution in [2.24, 2.45) is 0 Å². The predicted octanol–water partition coefficient (Wildman–Crippen LogP) is 2.49. The van der Waals surface area contributed by atoms with Crippen molar-refractivity contribution in [3.05, 3.63) is 41.6 Å². The number of hydrogen-bond acceptors (Lipinski definition) is 4. The van der Waals surface area contributed by atoms with Crippen LogP contribution >= 0.6 is 0 Å². The molecule has 84 valence electrons. The minimum Gasteiger partial charge on any atom is -0.444 e. The second kappa shape index (κ2) is 4.26. The summed E-state index contributed by atoms with van der Waals surface area (Å²) in [6, 6.07) is 5.76. The number of nitrogens with zero attached hydrogens (tertiary/aromatic N) is 1. The lowest BCUT2D eigenvalue weighted by molar-refractivity contribution is 0.479. The molecule has 0 radical (unpaired) electrons. The topological polar surface area (TPSA) is 64.1 Å². The Bertz CT molecular complexity index is 491. The molecular formula is C12H15N3O. The largest absolute Gasteiger partial charge is 0.444 e. The Labute approximate surface area is 94.5 Å². The van der Waals surface area contributed by atoms with E-state index < -0.39 is 0 Å². The Balaban J connectivity index is 2.04. The summed E-state index contributed by atoms with van der Waals surface area (Å²) in [7, 11) is 0. The van der Waals surface area contributed by atoms with Crippen LogP contribution in [0, 0.1) is 13.8 Å². The van der Waals surface area contributed by atoms with Gasteiger partial charge in [0.15, 0.2) is 0 Å². The van der Waals surface area contributed by atoms with Crippen LogP contribution in [0.25, 0.3) is 0 Å². The molecule has 0 saturated heterocycles. The molecular weight excluding hydrogens is 202 g/mol. The lowest BCUT2D eigenvalue weighted by Crippen LogP contribution is -2.01. The third-order valence-electron chi connectivity index (χ3n) is 2.35.